The Morgan fingerprint density at radius 3 is 1.80 bits per heavy atom. The Kier molecular flexibility index (Phi) is 5.83. The number of hydrogen-bond donors (Lipinski definition) is 0. The molecule has 0 aromatic carbocycles. The normalized spacial score (nSPS) is 8.70. The highest BCUT2D eigenvalue weighted by Crippen LogP contribution is 2.21. The average molecular weight is 156 g/mol. The van der Waals surface area contributed by atoms with Crippen LogP contribution < -0.4 is 0 Å². The monoisotopic (exact) mass is 156 g/mol. The van der Waals surface area contributed by atoms with Crippen LogP contribution >= 0.6 is 7.80 Å². The average Bonchev–Trinajstić information content (AvgIpc) is 1.97. The predicted octanol–water partition coefficient (Wildman–Crippen LogP) is 1.37. The third-order valence-electron chi connectivity index (χ3n) is 1.03. The van der Waals surface area contributed by atoms with E-state index in [1.807, 2.05) is 12.1 Å². The topological polar surface area (TPSA) is 64.7 Å². The molecule has 0 saturated carbocycles. The van der Waals surface area contributed by atoms with Crippen LogP contribution in [-0.4, -0.2) is 12.3 Å². The fourth-order valence-corrected chi connectivity index (χ4v) is 1.55. The maximum atomic E-state index is 10.8. The van der Waals surface area contributed by atoms with E-state index in [4.69, 9.17) is 10.5 Å². The Morgan fingerprint density at radius 2 is 1.50 bits per heavy atom. The molecule has 0 fully saturated rings. The van der Waals surface area contributed by atoms with Gasteiger partial charge in [-0.05, 0) is 0 Å². The fourth-order valence-electron chi connectivity index (χ4n) is 0.516. The van der Waals surface area contributed by atoms with Gasteiger partial charge in [-0.1, -0.05) is 0 Å². The zero-order valence-corrected chi connectivity index (χ0v) is 6.63. The van der Waals surface area contributed by atoms with Gasteiger partial charge in [-0.15, -0.1) is 0 Å². The molecule has 54 valence electrons. The van der Waals surface area contributed by atoms with Crippen LogP contribution in [0.15, 0.2) is 0 Å². The molecule has 0 atom stereocenters. The smallest absolute Gasteiger partial charge is 0.0782 e. The molecule has 0 aromatic heterocycles. The van der Waals surface area contributed by atoms with Gasteiger partial charge in [0.1, 0.15) is 0 Å². The first kappa shape index (κ1) is 9.21. The van der Waals surface area contributed by atoms with Gasteiger partial charge in [-0.25, -0.2) is 0 Å². The summed E-state index contributed by atoms with van der Waals surface area (Å²) >= 11 is 0. The number of nitrogens with zero attached hydrogens (tertiary/aromatic N) is 2. The van der Waals surface area contributed by atoms with Gasteiger partial charge in [0.15, 0.2) is 0 Å². The van der Waals surface area contributed by atoms with Crippen molar-refractivity contribution < 1.29 is 4.57 Å². The maximum Gasteiger partial charge on any atom is 0.0782 e. The summed E-state index contributed by atoms with van der Waals surface area (Å²) in [5.41, 5.74) is 0. The highest BCUT2D eigenvalue weighted by atomic mass is 31.1. The summed E-state index contributed by atoms with van der Waals surface area (Å²) in [5.74, 6) is 0. The Hall–Kier alpha value is -0.790. The minimum absolute atomic E-state index is 0.350. The standard InChI is InChI=1S/C6H9N2OP/c7-3-1-5-10(9)6-2-4-8/h10H,1-2,5-6H2. The molecule has 0 aromatic rings. The highest BCUT2D eigenvalue weighted by molar-refractivity contribution is 7.44. The Labute approximate surface area is 61.1 Å². The van der Waals surface area contributed by atoms with Gasteiger partial charge in [0, 0.05) is 25.2 Å². The SMILES string of the molecule is N#CCC[PH](=O)CCC#N. The van der Waals surface area contributed by atoms with Crippen molar-refractivity contribution in [3.05, 3.63) is 0 Å². The second-order valence-corrected chi connectivity index (χ2v) is 3.93. The van der Waals surface area contributed by atoms with Gasteiger partial charge < -0.3 is 4.57 Å². The van der Waals surface area contributed by atoms with Crippen molar-refractivity contribution in [3.8, 4) is 12.1 Å². The Morgan fingerprint density at radius 1 is 1.10 bits per heavy atom. The van der Waals surface area contributed by atoms with Gasteiger partial charge in [-0.3, -0.25) is 0 Å². The zero-order valence-electron chi connectivity index (χ0n) is 5.63. The van der Waals surface area contributed by atoms with E-state index in [2.05, 4.69) is 0 Å². The molecule has 3 nitrogen and oxygen atoms in total. The maximum absolute atomic E-state index is 10.8. The van der Waals surface area contributed by atoms with Gasteiger partial charge >= 0.3 is 0 Å². The van der Waals surface area contributed by atoms with Crippen LogP contribution in [0, 0.1) is 22.7 Å². The summed E-state index contributed by atoms with van der Waals surface area (Å²) in [7, 11) is -1.61. The van der Waals surface area contributed by atoms with Gasteiger partial charge in [0.2, 0.25) is 0 Å². The van der Waals surface area contributed by atoms with Crippen LogP contribution in [0.2, 0.25) is 0 Å². The molecule has 10 heavy (non-hydrogen) atoms. The van der Waals surface area contributed by atoms with Crippen LogP contribution in [-0.2, 0) is 4.57 Å². The summed E-state index contributed by atoms with van der Waals surface area (Å²) in [6.07, 6.45) is 1.65. The van der Waals surface area contributed by atoms with E-state index in [0.717, 1.165) is 0 Å². The molecule has 0 aliphatic heterocycles. The molecular formula is C6H9N2OP. The Bertz CT molecular complexity index is 169. The fraction of sp³-hybridized carbons (Fsp3) is 0.667. The zero-order chi connectivity index (χ0) is 7.82. The van der Waals surface area contributed by atoms with Crippen molar-refractivity contribution in [1.82, 2.24) is 0 Å². The Balaban J connectivity index is 3.30. The number of hydrogen-bond acceptors (Lipinski definition) is 3. The molecule has 0 aliphatic rings. The molecule has 0 amide bonds. The van der Waals surface area contributed by atoms with Crippen LogP contribution in [0.3, 0.4) is 0 Å². The lowest BCUT2D eigenvalue weighted by Gasteiger charge is -1.91. The second kappa shape index (κ2) is 6.33. The second-order valence-electron chi connectivity index (χ2n) is 1.85. The molecule has 0 N–H and O–H groups in total. The van der Waals surface area contributed by atoms with Crippen molar-refractivity contribution >= 4 is 7.80 Å². The molecular weight excluding hydrogens is 147 g/mol. The molecule has 0 aliphatic carbocycles. The van der Waals surface area contributed by atoms with Crippen molar-refractivity contribution in [1.29, 1.82) is 10.5 Å². The summed E-state index contributed by atoms with van der Waals surface area (Å²) in [4.78, 5) is 0. The molecule has 0 saturated heterocycles. The van der Waals surface area contributed by atoms with Gasteiger partial charge in [0.25, 0.3) is 0 Å². The van der Waals surface area contributed by atoms with Crippen molar-refractivity contribution in [3.63, 3.8) is 0 Å². The van der Waals surface area contributed by atoms with Gasteiger partial charge in [0.05, 0.1) is 19.9 Å². The minimum atomic E-state index is -1.61. The van der Waals surface area contributed by atoms with E-state index in [0.29, 0.717) is 25.2 Å². The summed E-state index contributed by atoms with van der Waals surface area (Å²) in [6.45, 7) is 0. The number of nitriles is 2. The van der Waals surface area contributed by atoms with E-state index in [-0.39, 0.29) is 0 Å². The molecule has 0 bridgehead atoms. The van der Waals surface area contributed by atoms with E-state index in [1.54, 1.807) is 0 Å². The lowest BCUT2D eigenvalue weighted by Crippen LogP contribution is -1.80. The summed E-state index contributed by atoms with van der Waals surface area (Å²) < 4.78 is 10.8. The largest absolute Gasteiger partial charge is 0.327 e. The van der Waals surface area contributed by atoms with Crippen LogP contribution in [0.4, 0.5) is 0 Å². The van der Waals surface area contributed by atoms with E-state index < -0.39 is 7.80 Å². The van der Waals surface area contributed by atoms with Gasteiger partial charge in [-0.2, -0.15) is 10.5 Å². The van der Waals surface area contributed by atoms with Crippen molar-refractivity contribution in [2.75, 3.05) is 12.3 Å². The predicted molar refractivity (Wildman–Crippen MR) is 39.2 cm³/mol. The minimum Gasteiger partial charge on any atom is -0.327 e. The first-order chi connectivity index (χ1) is 4.81. The molecule has 0 unspecified atom stereocenters. The molecule has 0 spiro atoms. The lowest BCUT2D eigenvalue weighted by molar-refractivity contribution is 0.587. The van der Waals surface area contributed by atoms with E-state index >= 15 is 0 Å². The first-order valence-corrected chi connectivity index (χ1v) is 4.89. The lowest BCUT2D eigenvalue weighted by atomic mass is 10.5. The third-order valence-corrected chi connectivity index (χ3v) is 2.65. The third kappa shape index (κ3) is 5.35. The molecule has 4 heteroatoms. The van der Waals surface area contributed by atoms with E-state index in [1.165, 1.54) is 0 Å². The first-order valence-electron chi connectivity index (χ1n) is 3.07. The van der Waals surface area contributed by atoms with Crippen LogP contribution in [0.1, 0.15) is 12.8 Å². The van der Waals surface area contributed by atoms with Crippen molar-refractivity contribution in [2.45, 2.75) is 12.8 Å². The molecule has 0 heterocycles. The molecule has 0 rings (SSSR count). The highest BCUT2D eigenvalue weighted by Gasteiger charge is 1.96. The van der Waals surface area contributed by atoms with Crippen molar-refractivity contribution in [2.24, 2.45) is 0 Å². The quantitative estimate of drug-likeness (QED) is 0.577. The van der Waals surface area contributed by atoms with Crippen LogP contribution in [0.5, 0.6) is 0 Å². The van der Waals surface area contributed by atoms with E-state index in [9.17, 15) is 4.57 Å². The summed E-state index contributed by atoms with van der Waals surface area (Å²) in [5, 5.41) is 16.2. The summed E-state index contributed by atoms with van der Waals surface area (Å²) in [6, 6.07) is 3.84. The number of rotatable bonds is 4. The van der Waals surface area contributed by atoms with Crippen LogP contribution in [0.25, 0.3) is 0 Å². The molecule has 0 radical (unpaired) electrons.